The summed E-state index contributed by atoms with van der Waals surface area (Å²) < 4.78 is 16.6. The Kier molecular flexibility index (Phi) is 7.60. The third-order valence-corrected chi connectivity index (χ3v) is 11.1. The molecule has 0 aliphatic heterocycles. The molecule has 0 aromatic carbocycles. The van der Waals surface area contributed by atoms with Crippen molar-refractivity contribution in [3.63, 3.8) is 0 Å². The second kappa shape index (κ2) is 10.0. The van der Waals surface area contributed by atoms with Crippen LogP contribution in [0.3, 0.4) is 0 Å². The Hall–Kier alpha value is -1.59. The first kappa shape index (κ1) is 26.5. The molecular weight excluding hydrogens is 444 g/mol. The molecule has 6 nitrogen and oxygen atoms in total. The maximum absolute atomic E-state index is 12.2. The Labute approximate surface area is 211 Å². The van der Waals surface area contributed by atoms with E-state index in [1.165, 1.54) is 39.7 Å². The molecule has 0 aromatic rings. The highest BCUT2D eigenvalue weighted by Crippen LogP contribution is 2.68. The number of esters is 3. The lowest BCUT2D eigenvalue weighted by atomic mass is 9.43. The molecule has 4 aliphatic carbocycles. The maximum atomic E-state index is 12.2. The molecule has 0 heterocycles. The molecule has 6 heteroatoms. The van der Waals surface area contributed by atoms with Gasteiger partial charge < -0.3 is 14.2 Å². The van der Waals surface area contributed by atoms with E-state index < -0.39 is 0 Å². The van der Waals surface area contributed by atoms with Crippen LogP contribution in [0, 0.1) is 46.3 Å². The molecule has 0 amide bonds. The Bertz CT molecular complexity index is 824. The van der Waals surface area contributed by atoms with E-state index in [4.69, 9.17) is 14.2 Å². The Balaban J connectivity index is 1.57. The van der Waals surface area contributed by atoms with Crippen molar-refractivity contribution in [3.8, 4) is 0 Å². The smallest absolute Gasteiger partial charge is 0.305 e. The average Bonchev–Trinajstić information content (AvgIpc) is 3.14. The number of carbonyl (C=O) groups excluding carboxylic acids is 3. The Morgan fingerprint density at radius 1 is 0.886 bits per heavy atom. The van der Waals surface area contributed by atoms with E-state index in [0.717, 1.165) is 32.1 Å². The molecule has 0 saturated heterocycles. The van der Waals surface area contributed by atoms with Gasteiger partial charge in [0, 0.05) is 26.2 Å². The minimum atomic E-state index is -0.199. The molecule has 4 fully saturated rings. The van der Waals surface area contributed by atoms with Crippen LogP contribution < -0.4 is 0 Å². The highest BCUT2D eigenvalue weighted by molar-refractivity contribution is 5.69. The monoisotopic (exact) mass is 490 g/mol. The van der Waals surface area contributed by atoms with Crippen LogP contribution in [0.25, 0.3) is 0 Å². The van der Waals surface area contributed by atoms with Crippen molar-refractivity contribution in [2.24, 2.45) is 46.3 Å². The number of carbonyl (C=O) groups is 3. The fourth-order valence-electron chi connectivity index (χ4n) is 9.46. The van der Waals surface area contributed by atoms with Gasteiger partial charge in [-0.25, -0.2) is 0 Å². The molecule has 0 unspecified atom stereocenters. The van der Waals surface area contributed by atoms with Crippen LogP contribution in [0.4, 0.5) is 0 Å². The number of fused-ring (bicyclic) bond motifs is 5. The van der Waals surface area contributed by atoms with Gasteiger partial charge in [-0.2, -0.15) is 0 Å². The van der Waals surface area contributed by atoms with Crippen LogP contribution >= 0.6 is 0 Å². The van der Waals surface area contributed by atoms with E-state index in [1.807, 2.05) is 0 Å². The quantitative estimate of drug-likeness (QED) is 0.351. The fourth-order valence-corrected chi connectivity index (χ4v) is 9.46. The second-order valence-electron chi connectivity index (χ2n) is 12.7. The summed E-state index contributed by atoms with van der Waals surface area (Å²) in [6.45, 7) is 10.3. The van der Waals surface area contributed by atoms with Gasteiger partial charge in [0.15, 0.2) is 0 Å². The Morgan fingerprint density at radius 3 is 2.20 bits per heavy atom. The van der Waals surface area contributed by atoms with Gasteiger partial charge in [0.05, 0.1) is 7.11 Å². The third kappa shape index (κ3) is 4.87. The van der Waals surface area contributed by atoms with Crippen LogP contribution in [0.2, 0.25) is 0 Å². The summed E-state index contributed by atoms with van der Waals surface area (Å²) >= 11 is 0. The van der Waals surface area contributed by atoms with Crippen molar-refractivity contribution in [2.75, 3.05) is 7.11 Å². The van der Waals surface area contributed by atoms with E-state index in [9.17, 15) is 14.4 Å². The minimum Gasteiger partial charge on any atom is -0.469 e. The molecule has 0 radical (unpaired) electrons. The molecule has 4 aliphatic rings. The first-order valence-corrected chi connectivity index (χ1v) is 13.9. The predicted octanol–water partition coefficient (Wildman–Crippen LogP) is 5.71. The zero-order valence-corrected chi connectivity index (χ0v) is 22.6. The van der Waals surface area contributed by atoms with E-state index in [1.54, 1.807) is 6.92 Å². The standard InChI is InChI=1S/C29H46O6/c1-17(7-10-26(32)33-6)22-8-9-23-27-24(12-14-29(22,23)5)28(4)13-11-21(34-18(2)30)15-20(28)16-25(27)35-19(3)31/h17,20-25,27H,7-16H2,1-6H3/t17-,20+,21-,22-,23+,24+,25-,27+,28+,29-/m1/s1. The highest BCUT2D eigenvalue weighted by Gasteiger charge is 2.63. The van der Waals surface area contributed by atoms with Gasteiger partial charge >= 0.3 is 17.9 Å². The summed E-state index contributed by atoms with van der Waals surface area (Å²) in [5.74, 6) is 2.43. The summed E-state index contributed by atoms with van der Waals surface area (Å²) in [6, 6.07) is 0. The number of hydrogen-bond donors (Lipinski definition) is 0. The van der Waals surface area contributed by atoms with Gasteiger partial charge in [-0.3, -0.25) is 14.4 Å². The van der Waals surface area contributed by atoms with Crippen molar-refractivity contribution in [1.29, 1.82) is 0 Å². The second-order valence-corrected chi connectivity index (χ2v) is 12.7. The molecule has 35 heavy (non-hydrogen) atoms. The highest BCUT2D eigenvalue weighted by atomic mass is 16.5. The number of rotatable bonds is 6. The minimum absolute atomic E-state index is 0.0134. The van der Waals surface area contributed by atoms with E-state index in [2.05, 4.69) is 20.8 Å². The number of methoxy groups -OCH3 is 1. The summed E-state index contributed by atoms with van der Waals surface area (Å²) in [4.78, 5) is 35.6. The van der Waals surface area contributed by atoms with Crippen molar-refractivity contribution in [2.45, 2.75) is 111 Å². The summed E-state index contributed by atoms with van der Waals surface area (Å²) in [5, 5.41) is 0. The van der Waals surface area contributed by atoms with Gasteiger partial charge in [-0.05, 0) is 98.2 Å². The van der Waals surface area contributed by atoms with Gasteiger partial charge in [-0.15, -0.1) is 0 Å². The predicted molar refractivity (Wildman–Crippen MR) is 132 cm³/mol. The lowest BCUT2D eigenvalue weighted by Gasteiger charge is -2.62. The van der Waals surface area contributed by atoms with Crippen molar-refractivity contribution in [3.05, 3.63) is 0 Å². The van der Waals surface area contributed by atoms with E-state index in [-0.39, 0.29) is 40.9 Å². The zero-order chi connectivity index (χ0) is 25.5. The van der Waals surface area contributed by atoms with Crippen molar-refractivity contribution < 1.29 is 28.6 Å². The molecule has 4 saturated carbocycles. The number of hydrogen-bond acceptors (Lipinski definition) is 6. The van der Waals surface area contributed by atoms with E-state index in [0.29, 0.717) is 41.9 Å². The van der Waals surface area contributed by atoms with Crippen LogP contribution in [0.1, 0.15) is 98.8 Å². The first-order chi connectivity index (χ1) is 16.5. The maximum Gasteiger partial charge on any atom is 0.305 e. The first-order valence-electron chi connectivity index (χ1n) is 13.9. The molecule has 0 bridgehead atoms. The zero-order valence-electron chi connectivity index (χ0n) is 22.6. The van der Waals surface area contributed by atoms with Crippen molar-refractivity contribution >= 4 is 17.9 Å². The third-order valence-electron chi connectivity index (χ3n) is 11.1. The SMILES string of the molecule is COC(=O)CC[C@@H](C)[C@H]1CC[C@H]2[C@@H]3[C@H](OC(C)=O)C[C@@H]4C[C@H](OC(C)=O)CC[C@]4(C)[C@H]3CC[C@]12C. The molecule has 0 aromatic heterocycles. The molecular formula is C29H46O6. The summed E-state index contributed by atoms with van der Waals surface area (Å²) in [7, 11) is 1.47. The molecule has 0 spiro atoms. The van der Waals surface area contributed by atoms with Gasteiger partial charge in [0.2, 0.25) is 0 Å². The van der Waals surface area contributed by atoms with Crippen LogP contribution in [-0.4, -0.2) is 37.2 Å². The fraction of sp³-hybridized carbons (Fsp3) is 0.897. The van der Waals surface area contributed by atoms with Gasteiger partial charge in [-0.1, -0.05) is 20.8 Å². The number of ether oxygens (including phenoxy) is 3. The lowest BCUT2D eigenvalue weighted by molar-refractivity contribution is -0.197. The van der Waals surface area contributed by atoms with Crippen molar-refractivity contribution in [1.82, 2.24) is 0 Å². The normalized spacial score (nSPS) is 43.2. The van der Waals surface area contributed by atoms with Crippen LogP contribution in [0.5, 0.6) is 0 Å². The van der Waals surface area contributed by atoms with Crippen LogP contribution in [-0.2, 0) is 28.6 Å². The topological polar surface area (TPSA) is 78.9 Å². The molecule has 198 valence electrons. The van der Waals surface area contributed by atoms with Gasteiger partial charge in [0.25, 0.3) is 0 Å². The summed E-state index contributed by atoms with van der Waals surface area (Å²) in [6.07, 6.45) is 9.80. The largest absolute Gasteiger partial charge is 0.469 e. The molecule has 4 rings (SSSR count). The Morgan fingerprint density at radius 2 is 1.54 bits per heavy atom. The van der Waals surface area contributed by atoms with Crippen LogP contribution in [0.15, 0.2) is 0 Å². The average molecular weight is 491 g/mol. The molecule has 0 N–H and O–H groups in total. The lowest BCUT2D eigenvalue weighted by Crippen LogP contribution is -2.59. The van der Waals surface area contributed by atoms with Gasteiger partial charge in [0.1, 0.15) is 12.2 Å². The van der Waals surface area contributed by atoms with E-state index >= 15 is 0 Å². The summed E-state index contributed by atoms with van der Waals surface area (Å²) in [5.41, 5.74) is 0.418. The molecule has 10 atom stereocenters.